The Morgan fingerprint density at radius 3 is 2.58 bits per heavy atom. The molecule has 0 fully saturated rings. The molecule has 0 aromatic carbocycles. The third kappa shape index (κ3) is 5.44. The predicted octanol–water partition coefficient (Wildman–Crippen LogP) is 1.77. The zero-order chi connectivity index (χ0) is 14.3. The van der Waals surface area contributed by atoms with E-state index in [-0.39, 0.29) is 0 Å². The van der Waals surface area contributed by atoms with Crippen LogP contribution in [0.15, 0.2) is 18.3 Å². The molecule has 1 heterocycles. The van der Waals surface area contributed by atoms with Crippen molar-refractivity contribution >= 4 is 5.82 Å². The Morgan fingerprint density at radius 1 is 1.32 bits per heavy atom. The minimum Gasteiger partial charge on any atom is -0.383 e. The molecule has 0 saturated carbocycles. The van der Waals surface area contributed by atoms with Crippen molar-refractivity contribution < 1.29 is 17.9 Å². The van der Waals surface area contributed by atoms with Gasteiger partial charge in [0.1, 0.15) is 5.82 Å². The van der Waals surface area contributed by atoms with Gasteiger partial charge >= 0.3 is 6.18 Å². The van der Waals surface area contributed by atoms with Gasteiger partial charge in [0.2, 0.25) is 0 Å². The number of aromatic nitrogens is 1. The maximum absolute atomic E-state index is 12.4. The highest BCUT2D eigenvalue weighted by atomic mass is 19.4. The Kier molecular flexibility index (Phi) is 6.04. The van der Waals surface area contributed by atoms with Crippen LogP contribution >= 0.6 is 0 Å². The molecule has 0 aliphatic heterocycles. The molecule has 108 valence electrons. The molecule has 0 spiro atoms. The van der Waals surface area contributed by atoms with Gasteiger partial charge < -0.3 is 15.0 Å². The molecular formula is C12H18F3N3O. The van der Waals surface area contributed by atoms with Crippen molar-refractivity contribution in [1.82, 2.24) is 10.3 Å². The SMILES string of the molecule is COCCNCCN(C)c1ccc(C(F)(F)F)cn1. The molecule has 0 atom stereocenters. The summed E-state index contributed by atoms with van der Waals surface area (Å²) in [4.78, 5) is 5.61. The number of rotatable bonds is 7. The summed E-state index contributed by atoms with van der Waals surface area (Å²) < 4.78 is 42.0. The number of likely N-dealkylation sites (N-methyl/N-ethyl adjacent to an activating group) is 1. The standard InChI is InChI=1S/C12H18F3N3O/c1-18(7-5-16-6-8-19-2)11-4-3-10(9-17-11)12(13,14)15/h3-4,9,16H,5-8H2,1-2H3. The predicted molar refractivity (Wildman–Crippen MR) is 67.3 cm³/mol. The summed E-state index contributed by atoms with van der Waals surface area (Å²) >= 11 is 0. The molecule has 0 radical (unpaired) electrons. The zero-order valence-electron chi connectivity index (χ0n) is 11.0. The molecule has 1 N–H and O–H groups in total. The maximum Gasteiger partial charge on any atom is 0.417 e. The first-order valence-electron chi connectivity index (χ1n) is 5.89. The minimum absolute atomic E-state index is 0.515. The van der Waals surface area contributed by atoms with Crippen LogP contribution in [0.3, 0.4) is 0 Å². The van der Waals surface area contributed by atoms with E-state index in [4.69, 9.17) is 4.74 Å². The van der Waals surface area contributed by atoms with Crippen molar-refractivity contribution in [3.63, 3.8) is 0 Å². The minimum atomic E-state index is -4.34. The molecule has 19 heavy (non-hydrogen) atoms. The van der Waals surface area contributed by atoms with E-state index in [1.54, 1.807) is 19.1 Å². The van der Waals surface area contributed by atoms with E-state index in [0.29, 0.717) is 25.5 Å². The summed E-state index contributed by atoms with van der Waals surface area (Å²) in [5.74, 6) is 0.515. The highest BCUT2D eigenvalue weighted by molar-refractivity contribution is 5.38. The van der Waals surface area contributed by atoms with Crippen molar-refractivity contribution in [2.75, 3.05) is 45.3 Å². The van der Waals surface area contributed by atoms with E-state index in [9.17, 15) is 13.2 Å². The van der Waals surface area contributed by atoms with Gasteiger partial charge in [-0.3, -0.25) is 0 Å². The van der Waals surface area contributed by atoms with E-state index < -0.39 is 11.7 Å². The van der Waals surface area contributed by atoms with Crippen LogP contribution in [0.1, 0.15) is 5.56 Å². The van der Waals surface area contributed by atoms with Crippen molar-refractivity contribution in [2.45, 2.75) is 6.18 Å². The number of anilines is 1. The first kappa shape index (κ1) is 15.7. The highest BCUT2D eigenvalue weighted by Gasteiger charge is 2.30. The van der Waals surface area contributed by atoms with Crippen LogP contribution in [0.2, 0.25) is 0 Å². The van der Waals surface area contributed by atoms with Crippen molar-refractivity contribution in [3.8, 4) is 0 Å². The normalized spacial score (nSPS) is 11.6. The number of hydrogen-bond donors (Lipinski definition) is 1. The van der Waals surface area contributed by atoms with Gasteiger partial charge in [0, 0.05) is 40.0 Å². The van der Waals surface area contributed by atoms with E-state index in [0.717, 1.165) is 18.8 Å². The van der Waals surface area contributed by atoms with Crippen LogP contribution in [0, 0.1) is 0 Å². The van der Waals surface area contributed by atoms with Crippen LogP contribution in [-0.2, 0) is 10.9 Å². The molecular weight excluding hydrogens is 259 g/mol. The van der Waals surface area contributed by atoms with Crippen LogP contribution in [0.5, 0.6) is 0 Å². The third-order valence-corrected chi connectivity index (χ3v) is 2.57. The fourth-order valence-corrected chi connectivity index (χ4v) is 1.44. The van der Waals surface area contributed by atoms with Crippen molar-refractivity contribution in [1.29, 1.82) is 0 Å². The quantitative estimate of drug-likeness (QED) is 0.771. The first-order valence-corrected chi connectivity index (χ1v) is 5.89. The number of methoxy groups -OCH3 is 1. The number of pyridine rings is 1. The summed E-state index contributed by atoms with van der Waals surface area (Å²) in [6.45, 7) is 2.73. The molecule has 0 amide bonds. The lowest BCUT2D eigenvalue weighted by Crippen LogP contribution is -2.31. The fourth-order valence-electron chi connectivity index (χ4n) is 1.44. The Labute approximate surface area is 110 Å². The molecule has 1 aromatic rings. The monoisotopic (exact) mass is 277 g/mol. The maximum atomic E-state index is 12.4. The summed E-state index contributed by atoms with van der Waals surface area (Å²) in [6, 6.07) is 2.41. The second-order valence-electron chi connectivity index (χ2n) is 4.07. The average molecular weight is 277 g/mol. The topological polar surface area (TPSA) is 37.4 Å². The summed E-state index contributed by atoms with van der Waals surface area (Å²) in [6.07, 6.45) is -3.49. The van der Waals surface area contributed by atoms with Crippen LogP contribution < -0.4 is 10.2 Å². The highest BCUT2D eigenvalue weighted by Crippen LogP contribution is 2.29. The van der Waals surface area contributed by atoms with Gasteiger partial charge in [-0.15, -0.1) is 0 Å². The van der Waals surface area contributed by atoms with Gasteiger partial charge in [0.15, 0.2) is 0 Å². The van der Waals surface area contributed by atoms with Crippen molar-refractivity contribution in [3.05, 3.63) is 23.9 Å². The van der Waals surface area contributed by atoms with Gasteiger partial charge in [0.25, 0.3) is 0 Å². The lowest BCUT2D eigenvalue weighted by molar-refractivity contribution is -0.137. The first-order chi connectivity index (χ1) is 8.95. The number of hydrogen-bond acceptors (Lipinski definition) is 4. The smallest absolute Gasteiger partial charge is 0.383 e. The second-order valence-corrected chi connectivity index (χ2v) is 4.07. The lowest BCUT2D eigenvalue weighted by atomic mass is 10.2. The summed E-state index contributed by atoms with van der Waals surface area (Å²) in [7, 11) is 3.41. The Morgan fingerprint density at radius 2 is 2.05 bits per heavy atom. The second kappa shape index (κ2) is 7.30. The van der Waals surface area contributed by atoms with Gasteiger partial charge in [-0.1, -0.05) is 0 Å². The molecule has 1 rings (SSSR count). The molecule has 0 aliphatic carbocycles. The molecule has 0 saturated heterocycles. The van der Waals surface area contributed by atoms with Gasteiger partial charge in [-0.2, -0.15) is 13.2 Å². The van der Waals surface area contributed by atoms with E-state index in [1.807, 2.05) is 0 Å². The van der Waals surface area contributed by atoms with Crippen LogP contribution in [0.4, 0.5) is 19.0 Å². The number of ether oxygens (including phenoxy) is 1. The van der Waals surface area contributed by atoms with Crippen molar-refractivity contribution in [2.24, 2.45) is 0 Å². The Bertz CT molecular complexity index is 367. The largest absolute Gasteiger partial charge is 0.417 e. The number of alkyl halides is 3. The van der Waals surface area contributed by atoms with E-state index in [1.165, 1.54) is 6.07 Å². The van der Waals surface area contributed by atoms with Gasteiger partial charge in [-0.25, -0.2) is 4.98 Å². The lowest BCUT2D eigenvalue weighted by Gasteiger charge is -2.18. The fraction of sp³-hybridized carbons (Fsp3) is 0.583. The van der Waals surface area contributed by atoms with E-state index >= 15 is 0 Å². The third-order valence-electron chi connectivity index (χ3n) is 2.57. The molecule has 7 heteroatoms. The number of halogens is 3. The average Bonchev–Trinajstić information content (AvgIpc) is 2.37. The van der Waals surface area contributed by atoms with Crippen LogP contribution in [-0.4, -0.2) is 45.4 Å². The Balaban J connectivity index is 2.42. The molecule has 0 aliphatic rings. The van der Waals surface area contributed by atoms with Crippen LogP contribution in [0.25, 0.3) is 0 Å². The molecule has 0 unspecified atom stereocenters. The number of nitrogens with one attached hydrogen (secondary N) is 1. The zero-order valence-corrected chi connectivity index (χ0v) is 11.0. The molecule has 0 bridgehead atoms. The van der Waals surface area contributed by atoms with E-state index in [2.05, 4.69) is 10.3 Å². The molecule has 1 aromatic heterocycles. The number of nitrogens with zero attached hydrogens (tertiary/aromatic N) is 2. The summed E-state index contributed by atoms with van der Waals surface area (Å²) in [5, 5.41) is 3.15. The Hall–Kier alpha value is -1.34. The molecule has 4 nitrogen and oxygen atoms in total. The van der Waals surface area contributed by atoms with Gasteiger partial charge in [-0.05, 0) is 12.1 Å². The van der Waals surface area contributed by atoms with Gasteiger partial charge in [0.05, 0.1) is 12.2 Å². The summed E-state index contributed by atoms with van der Waals surface area (Å²) in [5.41, 5.74) is -0.733.